The highest BCUT2D eigenvalue weighted by Gasteiger charge is 2.32. The lowest BCUT2D eigenvalue weighted by Crippen LogP contribution is -2.30. The number of carboxylic acids is 1. The Morgan fingerprint density at radius 2 is 1.91 bits per heavy atom. The second-order valence-electron chi connectivity index (χ2n) is 5.48. The number of aromatic carboxylic acids is 1. The van der Waals surface area contributed by atoms with Gasteiger partial charge in [0.1, 0.15) is 4.88 Å². The summed E-state index contributed by atoms with van der Waals surface area (Å²) in [6.45, 7) is 2.78. The maximum Gasteiger partial charge on any atom is 0.345 e. The van der Waals surface area contributed by atoms with Crippen LogP contribution in [0.1, 0.15) is 49.4 Å². The molecule has 1 aliphatic rings. The van der Waals surface area contributed by atoms with Gasteiger partial charge in [0.15, 0.2) is 0 Å². The van der Waals surface area contributed by atoms with E-state index >= 15 is 0 Å². The van der Waals surface area contributed by atoms with Gasteiger partial charge in [0.05, 0.1) is 10.9 Å². The zero-order valence-electron chi connectivity index (χ0n) is 12.3. The summed E-state index contributed by atoms with van der Waals surface area (Å²) < 4.78 is 0. The topological polar surface area (TPSA) is 57.6 Å². The average Bonchev–Trinajstić information content (AvgIpc) is 3.16. The average molecular weight is 315 g/mol. The third-order valence-corrected chi connectivity index (χ3v) is 5.15. The highest BCUT2D eigenvalue weighted by molar-refractivity contribution is 7.15. The van der Waals surface area contributed by atoms with Crippen molar-refractivity contribution >= 4 is 23.2 Å². The highest BCUT2D eigenvalue weighted by atomic mass is 32.1. The quantitative estimate of drug-likeness (QED) is 0.939. The van der Waals surface area contributed by atoms with Gasteiger partial charge >= 0.3 is 5.97 Å². The molecule has 1 atom stereocenters. The molecule has 1 N–H and O–H groups in total. The van der Waals surface area contributed by atoms with E-state index in [-0.39, 0.29) is 16.8 Å². The molecule has 1 aliphatic heterocycles. The van der Waals surface area contributed by atoms with Crippen molar-refractivity contribution in [3.05, 3.63) is 57.3 Å². The van der Waals surface area contributed by atoms with Crippen molar-refractivity contribution in [2.45, 2.75) is 25.8 Å². The van der Waals surface area contributed by atoms with Gasteiger partial charge in [0, 0.05) is 6.54 Å². The molecule has 0 aliphatic carbocycles. The molecule has 3 rings (SSSR count). The SMILES string of the molecule is Cc1ccccc1C1CCCN1C(=O)c1ccc(C(=O)O)s1. The molecule has 114 valence electrons. The smallest absolute Gasteiger partial charge is 0.345 e. The Morgan fingerprint density at radius 1 is 1.18 bits per heavy atom. The Morgan fingerprint density at radius 3 is 2.59 bits per heavy atom. The first-order chi connectivity index (χ1) is 10.6. The zero-order chi connectivity index (χ0) is 15.7. The van der Waals surface area contributed by atoms with Gasteiger partial charge in [-0.25, -0.2) is 4.79 Å². The fourth-order valence-electron chi connectivity index (χ4n) is 3.00. The summed E-state index contributed by atoms with van der Waals surface area (Å²) in [5.41, 5.74) is 2.37. The first kappa shape index (κ1) is 14.8. The number of nitrogens with zero attached hydrogens (tertiary/aromatic N) is 1. The number of likely N-dealkylation sites (tertiary alicyclic amines) is 1. The van der Waals surface area contributed by atoms with Crippen LogP contribution in [0.25, 0.3) is 0 Å². The van der Waals surface area contributed by atoms with Crippen LogP contribution in [0.15, 0.2) is 36.4 Å². The molecule has 1 amide bonds. The third kappa shape index (κ3) is 2.64. The van der Waals surface area contributed by atoms with Crippen molar-refractivity contribution in [2.75, 3.05) is 6.54 Å². The van der Waals surface area contributed by atoms with E-state index in [0.29, 0.717) is 4.88 Å². The van der Waals surface area contributed by atoms with Crippen LogP contribution in [0.4, 0.5) is 0 Å². The lowest BCUT2D eigenvalue weighted by Gasteiger charge is -2.25. The Kier molecular flexibility index (Phi) is 3.98. The lowest BCUT2D eigenvalue weighted by atomic mass is 9.99. The molecule has 22 heavy (non-hydrogen) atoms. The minimum absolute atomic E-state index is 0.0664. The zero-order valence-corrected chi connectivity index (χ0v) is 13.1. The summed E-state index contributed by atoms with van der Waals surface area (Å²) in [6.07, 6.45) is 1.93. The van der Waals surface area contributed by atoms with E-state index in [1.807, 2.05) is 17.0 Å². The van der Waals surface area contributed by atoms with Crippen LogP contribution in [-0.4, -0.2) is 28.4 Å². The van der Waals surface area contributed by atoms with Gasteiger partial charge in [0.2, 0.25) is 0 Å². The predicted molar refractivity (Wildman–Crippen MR) is 85.5 cm³/mol. The van der Waals surface area contributed by atoms with E-state index < -0.39 is 5.97 Å². The number of benzene rings is 1. The van der Waals surface area contributed by atoms with Crippen LogP contribution in [0, 0.1) is 6.92 Å². The molecular weight excluding hydrogens is 298 g/mol. The Balaban J connectivity index is 1.88. The maximum absolute atomic E-state index is 12.7. The van der Waals surface area contributed by atoms with Gasteiger partial charge in [-0.1, -0.05) is 24.3 Å². The number of amides is 1. The summed E-state index contributed by atoms with van der Waals surface area (Å²) in [4.78, 5) is 26.3. The minimum atomic E-state index is -0.985. The van der Waals surface area contributed by atoms with Gasteiger partial charge in [-0.05, 0) is 43.0 Å². The molecular formula is C17H17NO3S. The van der Waals surface area contributed by atoms with Crippen molar-refractivity contribution in [3.63, 3.8) is 0 Å². The second kappa shape index (κ2) is 5.93. The second-order valence-corrected chi connectivity index (χ2v) is 6.57. The van der Waals surface area contributed by atoms with Crippen LogP contribution in [0.2, 0.25) is 0 Å². The van der Waals surface area contributed by atoms with Gasteiger partial charge in [-0.15, -0.1) is 11.3 Å². The van der Waals surface area contributed by atoms with Gasteiger partial charge < -0.3 is 10.0 Å². The molecule has 1 saturated heterocycles. The number of hydrogen-bond acceptors (Lipinski definition) is 3. The lowest BCUT2D eigenvalue weighted by molar-refractivity contribution is 0.0701. The van der Waals surface area contributed by atoms with E-state index in [0.717, 1.165) is 30.7 Å². The summed E-state index contributed by atoms with van der Waals surface area (Å²) in [6, 6.07) is 11.3. The molecule has 0 radical (unpaired) electrons. The molecule has 0 saturated carbocycles. The number of rotatable bonds is 3. The fraction of sp³-hybridized carbons (Fsp3) is 0.294. The van der Waals surface area contributed by atoms with Crippen LogP contribution in [-0.2, 0) is 0 Å². The Hall–Kier alpha value is -2.14. The van der Waals surface area contributed by atoms with Crippen LogP contribution >= 0.6 is 11.3 Å². The van der Waals surface area contributed by atoms with Crippen molar-refractivity contribution in [3.8, 4) is 0 Å². The van der Waals surface area contributed by atoms with Crippen LogP contribution in [0.5, 0.6) is 0 Å². The number of aryl methyl sites for hydroxylation is 1. The van der Waals surface area contributed by atoms with Crippen LogP contribution in [0.3, 0.4) is 0 Å². The minimum Gasteiger partial charge on any atom is -0.477 e. The van der Waals surface area contributed by atoms with Crippen molar-refractivity contribution in [1.82, 2.24) is 4.90 Å². The number of carboxylic acid groups (broad SMARTS) is 1. The van der Waals surface area contributed by atoms with Gasteiger partial charge in [-0.3, -0.25) is 4.79 Å². The van der Waals surface area contributed by atoms with Gasteiger partial charge in [0.25, 0.3) is 5.91 Å². The number of hydrogen-bond donors (Lipinski definition) is 1. The third-order valence-electron chi connectivity index (χ3n) is 4.09. The normalized spacial score (nSPS) is 17.7. The molecule has 2 aromatic rings. The Labute approximate surface area is 133 Å². The fourth-order valence-corrected chi connectivity index (χ4v) is 3.80. The Bertz CT molecular complexity index is 722. The molecule has 1 aromatic carbocycles. The standard InChI is InChI=1S/C17H17NO3S/c1-11-5-2-3-6-12(11)13-7-4-10-18(13)16(19)14-8-9-15(22-14)17(20)21/h2-3,5-6,8-9,13H,4,7,10H2,1H3,(H,20,21). The predicted octanol–water partition coefficient (Wildman–Crippen LogP) is 3.73. The molecule has 5 heteroatoms. The number of carbonyl (C=O) groups excluding carboxylic acids is 1. The molecule has 4 nitrogen and oxygen atoms in total. The van der Waals surface area contributed by atoms with Gasteiger partial charge in [-0.2, -0.15) is 0 Å². The van der Waals surface area contributed by atoms with E-state index in [9.17, 15) is 9.59 Å². The molecule has 1 fully saturated rings. The highest BCUT2D eigenvalue weighted by Crippen LogP contribution is 2.35. The largest absolute Gasteiger partial charge is 0.477 e. The van der Waals surface area contributed by atoms with E-state index in [1.165, 1.54) is 17.2 Å². The van der Waals surface area contributed by atoms with Crippen molar-refractivity contribution < 1.29 is 14.7 Å². The molecule has 1 unspecified atom stereocenters. The first-order valence-corrected chi connectivity index (χ1v) is 8.09. The first-order valence-electron chi connectivity index (χ1n) is 7.27. The van der Waals surface area contributed by atoms with E-state index in [4.69, 9.17) is 5.11 Å². The molecule has 2 heterocycles. The van der Waals surface area contributed by atoms with Crippen molar-refractivity contribution in [1.29, 1.82) is 0 Å². The number of carbonyl (C=O) groups is 2. The van der Waals surface area contributed by atoms with Crippen LogP contribution < -0.4 is 0 Å². The molecule has 0 spiro atoms. The van der Waals surface area contributed by atoms with E-state index in [2.05, 4.69) is 19.1 Å². The molecule has 0 bridgehead atoms. The van der Waals surface area contributed by atoms with Crippen molar-refractivity contribution in [2.24, 2.45) is 0 Å². The summed E-state index contributed by atoms with van der Waals surface area (Å²) in [5.74, 6) is -1.05. The van der Waals surface area contributed by atoms with E-state index in [1.54, 1.807) is 6.07 Å². The monoisotopic (exact) mass is 315 g/mol. The summed E-state index contributed by atoms with van der Waals surface area (Å²) in [5, 5.41) is 9.00. The summed E-state index contributed by atoms with van der Waals surface area (Å²) in [7, 11) is 0. The number of thiophene rings is 1. The molecule has 1 aromatic heterocycles. The summed E-state index contributed by atoms with van der Waals surface area (Å²) >= 11 is 1.05. The maximum atomic E-state index is 12.7.